The van der Waals surface area contributed by atoms with Crippen LogP contribution in [0.15, 0.2) is 23.1 Å². The van der Waals surface area contributed by atoms with Crippen LogP contribution in [0.4, 0.5) is 0 Å². The van der Waals surface area contributed by atoms with Crippen molar-refractivity contribution < 1.29 is 4.79 Å². The largest absolute Gasteiger partial charge is 0.338 e. The lowest BCUT2D eigenvalue weighted by atomic mass is 9.68. The average molecular weight is 232 g/mol. The van der Waals surface area contributed by atoms with E-state index in [9.17, 15) is 9.59 Å². The number of hydrogen-bond donors (Lipinski definition) is 1. The summed E-state index contributed by atoms with van der Waals surface area (Å²) in [4.78, 5) is 27.8. The molecule has 1 saturated heterocycles. The zero-order chi connectivity index (χ0) is 11.9. The van der Waals surface area contributed by atoms with Crippen LogP contribution in [0.3, 0.4) is 0 Å². The summed E-state index contributed by atoms with van der Waals surface area (Å²) in [7, 11) is 0. The molecule has 0 unspecified atom stereocenters. The molecule has 17 heavy (non-hydrogen) atoms. The molecule has 1 saturated carbocycles. The van der Waals surface area contributed by atoms with Crippen LogP contribution in [0.5, 0.6) is 0 Å². The molecule has 1 aliphatic heterocycles. The minimum Gasteiger partial charge on any atom is -0.338 e. The van der Waals surface area contributed by atoms with Crippen molar-refractivity contribution in [3.05, 3.63) is 34.2 Å². The number of H-pyrrole nitrogens is 1. The number of pyridine rings is 1. The van der Waals surface area contributed by atoms with Crippen molar-refractivity contribution in [2.45, 2.75) is 25.7 Å². The lowest BCUT2D eigenvalue weighted by Gasteiger charge is -2.37. The Hall–Kier alpha value is -1.58. The predicted octanol–water partition coefficient (Wildman–Crippen LogP) is 1.39. The van der Waals surface area contributed by atoms with E-state index in [1.54, 1.807) is 6.07 Å². The molecule has 4 nitrogen and oxygen atoms in total. The van der Waals surface area contributed by atoms with E-state index in [0.717, 1.165) is 19.5 Å². The maximum absolute atomic E-state index is 12.2. The number of hydrogen-bond acceptors (Lipinski definition) is 2. The van der Waals surface area contributed by atoms with Gasteiger partial charge in [0.2, 0.25) is 5.56 Å². The molecule has 0 aromatic carbocycles. The first-order valence-electron chi connectivity index (χ1n) is 6.17. The van der Waals surface area contributed by atoms with Gasteiger partial charge in [0.15, 0.2) is 0 Å². The van der Waals surface area contributed by atoms with Gasteiger partial charge in [-0.2, -0.15) is 0 Å². The zero-order valence-corrected chi connectivity index (χ0v) is 9.74. The van der Waals surface area contributed by atoms with Gasteiger partial charge in [-0.3, -0.25) is 9.59 Å². The Bertz CT molecular complexity index is 502. The molecule has 1 aromatic heterocycles. The highest BCUT2D eigenvalue weighted by atomic mass is 16.2. The van der Waals surface area contributed by atoms with Crippen molar-refractivity contribution in [2.24, 2.45) is 5.41 Å². The molecule has 1 N–H and O–H groups in total. The summed E-state index contributed by atoms with van der Waals surface area (Å²) in [5.74, 6) is -0.000116. The summed E-state index contributed by atoms with van der Waals surface area (Å²) < 4.78 is 0. The van der Waals surface area contributed by atoms with Crippen LogP contribution >= 0.6 is 0 Å². The zero-order valence-electron chi connectivity index (χ0n) is 9.74. The number of nitrogens with zero attached hydrogens (tertiary/aromatic N) is 1. The van der Waals surface area contributed by atoms with Crippen LogP contribution in [0, 0.1) is 5.41 Å². The fraction of sp³-hybridized carbons (Fsp3) is 0.538. The smallest absolute Gasteiger partial charge is 0.254 e. The fourth-order valence-electron chi connectivity index (χ4n) is 2.95. The third kappa shape index (κ3) is 1.77. The van der Waals surface area contributed by atoms with Crippen molar-refractivity contribution in [2.75, 3.05) is 13.1 Å². The average Bonchev–Trinajstić information content (AvgIpc) is 2.73. The Kier molecular flexibility index (Phi) is 2.31. The number of aromatic nitrogens is 1. The molecular formula is C13H16N2O2. The van der Waals surface area contributed by atoms with Crippen molar-refractivity contribution in [1.82, 2.24) is 9.88 Å². The number of amides is 1. The van der Waals surface area contributed by atoms with Crippen LogP contribution < -0.4 is 5.56 Å². The molecule has 2 fully saturated rings. The van der Waals surface area contributed by atoms with E-state index < -0.39 is 0 Å². The van der Waals surface area contributed by atoms with Gasteiger partial charge in [-0.1, -0.05) is 6.42 Å². The third-order valence-electron chi connectivity index (χ3n) is 4.16. The first-order valence-corrected chi connectivity index (χ1v) is 6.17. The maximum Gasteiger partial charge on any atom is 0.254 e. The minimum atomic E-state index is -0.214. The molecule has 0 bridgehead atoms. The maximum atomic E-state index is 12.2. The number of aromatic amines is 1. The van der Waals surface area contributed by atoms with E-state index in [1.807, 2.05) is 4.90 Å². The molecule has 4 heteroatoms. The van der Waals surface area contributed by atoms with Gasteiger partial charge >= 0.3 is 0 Å². The van der Waals surface area contributed by atoms with Gasteiger partial charge in [0, 0.05) is 30.9 Å². The lowest BCUT2D eigenvalue weighted by molar-refractivity contribution is 0.0732. The summed E-state index contributed by atoms with van der Waals surface area (Å²) in [5.41, 5.74) is 0.704. The van der Waals surface area contributed by atoms with Crippen molar-refractivity contribution >= 4 is 5.91 Å². The Balaban J connectivity index is 1.77. The Morgan fingerprint density at radius 2 is 2.18 bits per heavy atom. The van der Waals surface area contributed by atoms with Crippen LogP contribution in [-0.2, 0) is 0 Å². The molecule has 0 radical (unpaired) electrons. The number of rotatable bonds is 1. The Labute approximate surface area is 99.6 Å². The van der Waals surface area contributed by atoms with Crippen molar-refractivity contribution in [3.8, 4) is 0 Å². The van der Waals surface area contributed by atoms with Gasteiger partial charge in [0.25, 0.3) is 5.91 Å². The SMILES string of the molecule is O=C(c1cc[nH]c(=O)c1)N1CCC2(CCC2)C1. The predicted molar refractivity (Wildman–Crippen MR) is 63.9 cm³/mol. The van der Waals surface area contributed by atoms with E-state index in [0.29, 0.717) is 11.0 Å². The molecule has 3 rings (SSSR count). The summed E-state index contributed by atoms with van der Waals surface area (Å²) in [6.45, 7) is 1.71. The normalized spacial score (nSPS) is 21.5. The highest BCUT2D eigenvalue weighted by molar-refractivity contribution is 5.94. The van der Waals surface area contributed by atoms with E-state index in [1.165, 1.54) is 31.5 Å². The first kappa shape index (κ1) is 10.6. The molecular weight excluding hydrogens is 216 g/mol. The molecule has 1 spiro atoms. The molecule has 2 heterocycles. The summed E-state index contributed by atoms with van der Waals surface area (Å²) in [5, 5.41) is 0. The Morgan fingerprint density at radius 3 is 2.76 bits per heavy atom. The molecule has 1 amide bonds. The molecule has 1 aliphatic carbocycles. The second-order valence-corrected chi connectivity index (χ2v) is 5.27. The van der Waals surface area contributed by atoms with Gasteiger partial charge in [-0.15, -0.1) is 0 Å². The Morgan fingerprint density at radius 1 is 1.35 bits per heavy atom. The number of likely N-dealkylation sites (tertiary alicyclic amines) is 1. The fourth-order valence-corrected chi connectivity index (χ4v) is 2.95. The van der Waals surface area contributed by atoms with E-state index in [-0.39, 0.29) is 11.5 Å². The van der Waals surface area contributed by atoms with Crippen molar-refractivity contribution in [3.63, 3.8) is 0 Å². The molecule has 2 aliphatic rings. The lowest BCUT2D eigenvalue weighted by Crippen LogP contribution is -2.36. The quantitative estimate of drug-likeness (QED) is 0.795. The number of carbonyl (C=O) groups excluding carboxylic acids is 1. The van der Waals surface area contributed by atoms with Crippen LogP contribution in [0.1, 0.15) is 36.0 Å². The number of nitrogens with one attached hydrogen (secondary N) is 1. The van der Waals surface area contributed by atoms with E-state index in [2.05, 4.69) is 4.98 Å². The third-order valence-corrected chi connectivity index (χ3v) is 4.16. The second kappa shape index (κ2) is 3.72. The van der Waals surface area contributed by atoms with Crippen LogP contribution in [-0.4, -0.2) is 28.9 Å². The molecule has 90 valence electrons. The van der Waals surface area contributed by atoms with Crippen molar-refractivity contribution in [1.29, 1.82) is 0 Å². The highest BCUT2D eigenvalue weighted by Crippen LogP contribution is 2.48. The van der Waals surface area contributed by atoms with Gasteiger partial charge in [-0.25, -0.2) is 0 Å². The van der Waals surface area contributed by atoms with Gasteiger partial charge < -0.3 is 9.88 Å². The van der Waals surface area contributed by atoms with Crippen LogP contribution in [0.25, 0.3) is 0 Å². The van der Waals surface area contributed by atoms with E-state index in [4.69, 9.17) is 0 Å². The highest BCUT2D eigenvalue weighted by Gasteiger charge is 2.44. The topological polar surface area (TPSA) is 53.2 Å². The summed E-state index contributed by atoms with van der Waals surface area (Å²) >= 11 is 0. The summed E-state index contributed by atoms with van der Waals surface area (Å²) in [6.07, 6.45) is 6.47. The monoisotopic (exact) mass is 232 g/mol. The summed E-state index contributed by atoms with van der Waals surface area (Å²) in [6, 6.07) is 3.06. The van der Waals surface area contributed by atoms with Gasteiger partial charge in [0.1, 0.15) is 0 Å². The van der Waals surface area contributed by atoms with Gasteiger partial charge in [-0.05, 0) is 30.7 Å². The van der Waals surface area contributed by atoms with E-state index >= 15 is 0 Å². The van der Waals surface area contributed by atoms with Crippen LogP contribution in [0.2, 0.25) is 0 Å². The first-order chi connectivity index (χ1) is 8.19. The van der Waals surface area contributed by atoms with Gasteiger partial charge in [0.05, 0.1) is 0 Å². The molecule has 0 atom stereocenters. The second-order valence-electron chi connectivity index (χ2n) is 5.27. The standard InChI is InChI=1S/C13H16N2O2/c16-11-8-10(2-6-14-11)12(17)15-7-5-13(9-15)3-1-4-13/h2,6,8H,1,3-5,7,9H2,(H,14,16). The molecule has 1 aromatic rings. The number of carbonyl (C=O) groups is 1. The minimum absolute atomic E-state index is 0.000116.